The van der Waals surface area contributed by atoms with Gasteiger partial charge < -0.3 is 10.2 Å². The van der Waals surface area contributed by atoms with Crippen LogP contribution in [0.25, 0.3) is 65.3 Å². The van der Waals surface area contributed by atoms with Crippen molar-refractivity contribution >= 4 is 65.8 Å². The van der Waals surface area contributed by atoms with Crippen molar-refractivity contribution in [1.29, 1.82) is 0 Å². The Labute approximate surface area is 376 Å². The summed E-state index contributed by atoms with van der Waals surface area (Å²) in [6.07, 6.45) is 7.06. The van der Waals surface area contributed by atoms with Gasteiger partial charge in [0.1, 0.15) is 0 Å². The number of hydrogen-bond donors (Lipinski definition) is 1. The van der Waals surface area contributed by atoms with Crippen molar-refractivity contribution in [2.45, 2.75) is 50.5 Å². The van der Waals surface area contributed by atoms with Gasteiger partial charge >= 0.3 is 0 Å². The second kappa shape index (κ2) is 14.9. The molecule has 2 atom stereocenters. The van der Waals surface area contributed by atoms with Gasteiger partial charge in [-0.15, -0.1) is 0 Å². The molecule has 0 saturated carbocycles. The Balaban J connectivity index is 0.934. The highest BCUT2D eigenvalue weighted by atomic mass is 15.2. The average Bonchev–Trinajstić information content (AvgIpc) is 3.57. The minimum Gasteiger partial charge on any atom is -0.355 e. The van der Waals surface area contributed by atoms with Gasteiger partial charge in [0.2, 0.25) is 0 Å². The third kappa shape index (κ3) is 6.15. The second-order valence-corrected chi connectivity index (χ2v) is 18.8. The lowest BCUT2D eigenvalue weighted by molar-refractivity contribution is 0.470. The van der Waals surface area contributed by atoms with Crippen LogP contribution in [-0.2, 0) is 10.8 Å². The van der Waals surface area contributed by atoms with E-state index >= 15 is 0 Å². The highest BCUT2D eigenvalue weighted by Gasteiger charge is 2.37. The first-order chi connectivity index (χ1) is 31.3. The summed E-state index contributed by atoms with van der Waals surface area (Å²) in [4.78, 5) is 2.59. The molecule has 0 aromatic heterocycles. The Hall–Kier alpha value is -7.42. The van der Waals surface area contributed by atoms with Crippen LogP contribution in [0.15, 0.2) is 212 Å². The van der Waals surface area contributed by atoms with E-state index in [9.17, 15) is 0 Å². The number of nitrogens with zero attached hydrogens (tertiary/aromatic N) is 1. The fourth-order valence-electron chi connectivity index (χ4n) is 11.3. The maximum absolute atomic E-state index is 3.88. The topological polar surface area (TPSA) is 15.3 Å². The molecule has 0 spiro atoms. The molecule has 12 rings (SSSR count). The lowest BCUT2D eigenvalue weighted by Gasteiger charge is -2.40. The van der Waals surface area contributed by atoms with Gasteiger partial charge in [-0.2, -0.15) is 0 Å². The molecule has 10 aromatic carbocycles. The number of hydrogen-bond acceptors (Lipinski definition) is 2. The van der Waals surface area contributed by atoms with Crippen molar-refractivity contribution in [3.8, 4) is 22.3 Å². The largest absolute Gasteiger partial charge is 0.355 e. The Kier molecular flexibility index (Phi) is 8.88. The van der Waals surface area contributed by atoms with Gasteiger partial charge in [-0.3, -0.25) is 0 Å². The van der Waals surface area contributed by atoms with Crippen molar-refractivity contribution in [2.75, 3.05) is 10.2 Å². The Morgan fingerprint density at radius 3 is 1.88 bits per heavy atom. The third-order valence-electron chi connectivity index (χ3n) is 14.6. The van der Waals surface area contributed by atoms with Crippen LogP contribution in [0.1, 0.15) is 50.3 Å². The number of benzene rings is 10. The molecule has 0 saturated heterocycles. The van der Waals surface area contributed by atoms with Gasteiger partial charge in [0, 0.05) is 39.1 Å². The molecular formula is C62H50N2. The molecule has 10 aromatic rings. The minimum atomic E-state index is -0.0905. The van der Waals surface area contributed by atoms with E-state index in [1.165, 1.54) is 93.4 Å². The molecule has 308 valence electrons. The molecule has 2 nitrogen and oxygen atoms in total. The Bertz CT molecular complexity index is 3480. The van der Waals surface area contributed by atoms with Crippen molar-refractivity contribution < 1.29 is 0 Å². The lowest BCUT2D eigenvalue weighted by atomic mass is 9.72. The van der Waals surface area contributed by atoms with E-state index in [0.717, 1.165) is 24.2 Å². The van der Waals surface area contributed by atoms with E-state index < -0.39 is 0 Å². The molecular weight excluding hydrogens is 773 g/mol. The average molecular weight is 823 g/mol. The lowest BCUT2D eigenvalue weighted by Crippen LogP contribution is -2.36. The Morgan fingerprint density at radius 1 is 0.453 bits per heavy atom. The second-order valence-electron chi connectivity index (χ2n) is 18.8. The third-order valence-corrected chi connectivity index (χ3v) is 14.6. The maximum atomic E-state index is 3.88. The van der Waals surface area contributed by atoms with Gasteiger partial charge in [-0.1, -0.05) is 185 Å². The van der Waals surface area contributed by atoms with Crippen LogP contribution in [0.5, 0.6) is 0 Å². The number of fused-ring (bicyclic) bond motifs is 9. The normalized spacial score (nSPS) is 17.5. The highest BCUT2D eigenvalue weighted by molar-refractivity contribution is 6.23. The molecule has 2 aliphatic rings. The quantitative estimate of drug-likeness (QED) is 0.127. The molecule has 64 heavy (non-hydrogen) atoms. The van der Waals surface area contributed by atoms with Crippen LogP contribution in [-0.4, -0.2) is 6.04 Å². The van der Waals surface area contributed by atoms with Gasteiger partial charge in [0.05, 0.1) is 6.04 Å². The summed E-state index contributed by atoms with van der Waals surface area (Å²) in [5, 5.41) is 14.1. The molecule has 2 heteroatoms. The van der Waals surface area contributed by atoms with E-state index in [4.69, 9.17) is 0 Å². The molecule has 0 heterocycles. The molecule has 0 amide bonds. The van der Waals surface area contributed by atoms with Crippen molar-refractivity contribution in [1.82, 2.24) is 0 Å². The summed E-state index contributed by atoms with van der Waals surface area (Å²) < 4.78 is 0. The van der Waals surface area contributed by atoms with Gasteiger partial charge in [-0.25, -0.2) is 0 Å². The number of allylic oxidation sites excluding steroid dienone is 1. The minimum absolute atomic E-state index is 0.0611. The first-order valence-electron chi connectivity index (χ1n) is 22.9. The zero-order chi connectivity index (χ0) is 43.0. The smallest absolute Gasteiger partial charge is 0.0523 e. The van der Waals surface area contributed by atoms with Gasteiger partial charge in [0.25, 0.3) is 0 Å². The zero-order valence-electron chi connectivity index (χ0n) is 36.6. The van der Waals surface area contributed by atoms with E-state index in [1.54, 1.807) is 0 Å². The molecule has 0 bridgehead atoms. The molecule has 2 aliphatic carbocycles. The van der Waals surface area contributed by atoms with Crippen LogP contribution in [0, 0.1) is 0 Å². The monoisotopic (exact) mass is 822 g/mol. The summed E-state index contributed by atoms with van der Waals surface area (Å²) >= 11 is 0. The number of para-hydroxylation sites is 1. The van der Waals surface area contributed by atoms with E-state index in [-0.39, 0.29) is 16.9 Å². The van der Waals surface area contributed by atoms with Gasteiger partial charge in [-0.05, 0) is 138 Å². The highest BCUT2D eigenvalue weighted by Crippen LogP contribution is 2.51. The summed E-state index contributed by atoms with van der Waals surface area (Å²) in [6.45, 7) is 7.18. The fraction of sp³-hybridized carbons (Fsp3) is 0.129. The maximum Gasteiger partial charge on any atom is 0.0523 e. The van der Waals surface area contributed by atoms with E-state index in [1.807, 2.05) is 0 Å². The predicted molar refractivity (Wildman–Crippen MR) is 274 cm³/mol. The summed E-state index contributed by atoms with van der Waals surface area (Å²) in [5.74, 6) is 0. The number of nitrogens with one attached hydrogen (secondary N) is 1. The summed E-state index contributed by atoms with van der Waals surface area (Å²) in [5.41, 5.74) is 13.7. The van der Waals surface area contributed by atoms with E-state index in [0.29, 0.717) is 0 Å². The zero-order valence-corrected chi connectivity index (χ0v) is 36.6. The van der Waals surface area contributed by atoms with Crippen molar-refractivity contribution in [2.24, 2.45) is 0 Å². The standard InChI is InChI=1S/C62H50N2/c1-61(2)56-24-12-10-22-51(56)52-34-32-47(40-58(52)61)64(46-35-37-62(3,38-36-46)57-25-14-18-41-15-4-8-20-49(41)57)45-30-28-44(29-31-45)63-59-26-13-11-23-53(59)55-39-43-17-6-7-19-48(43)54-33-27-42-16-5-9-21-50(42)60(54)55/h4-35,37,39-40,46,63H,36,38H2,1-3H3. The molecule has 0 radical (unpaired) electrons. The summed E-state index contributed by atoms with van der Waals surface area (Å²) in [6, 6.07) is 74.3. The Morgan fingerprint density at radius 2 is 1.08 bits per heavy atom. The molecule has 0 aliphatic heterocycles. The molecule has 2 unspecified atom stereocenters. The van der Waals surface area contributed by atoms with Crippen LogP contribution >= 0.6 is 0 Å². The van der Waals surface area contributed by atoms with Crippen molar-refractivity contribution in [3.63, 3.8) is 0 Å². The van der Waals surface area contributed by atoms with Crippen LogP contribution < -0.4 is 10.2 Å². The van der Waals surface area contributed by atoms with Crippen LogP contribution in [0.4, 0.5) is 22.7 Å². The van der Waals surface area contributed by atoms with Crippen molar-refractivity contribution in [3.05, 3.63) is 229 Å². The van der Waals surface area contributed by atoms with Crippen LogP contribution in [0.3, 0.4) is 0 Å². The van der Waals surface area contributed by atoms with E-state index in [2.05, 4.69) is 243 Å². The van der Waals surface area contributed by atoms with Gasteiger partial charge in [0.15, 0.2) is 0 Å². The fourth-order valence-corrected chi connectivity index (χ4v) is 11.3. The predicted octanol–water partition coefficient (Wildman–Crippen LogP) is 16.8. The summed E-state index contributed by atoms with van der Waals surface area (Å²) in [7, 11) is 0. The molecule has 1 N–H and O–H groups in total. The SMILES string of the molecule is CC1(c2cccc3ccccc23)C=CC(N(c2ccc(Nc3ccccc3-c3cc4ccccc4c4ccc5ccccc5c34)cc2)c2ccc3c(c2)C(C)(C)c2ccccc2-3)CC1. The molecule has 0 fully saturated rings. The number of anilines is 4. The van der Waals surface area contributed by atoms with Crippen LogP contribution in [0.2, 0.25) is 0 Å². The number of rotatable bonds is 7. The first-order valence-corrected chi connectivity index (χ1v) is 22.9. The first kappa shape index (κ1) is 38.3.